The highest BCUT2D eigenvalue weighted by Gasteiger charge is 2.50. The first kappa shape index (κ1) is 17.9. The predicted octanol–water partition coefficient (Wildman–Crippen LogP) is 1.19. The van der Waals surface area contributed by atoms with Crippen molar-refractivity contribution in [1.82, 2.24) is 4.98 Å². The topological polar surface area (TPSA) is 107 Å². The number of rotatable bonds is 5. The highest BCUT2D eigenvalue weighted by atomic mass is 16.7. The summed E-state index contributed by atoms with van der Waals surface area (Å²) in [6.45, 7) is 0.356. The first-order chi connectivity index (χ1) is 13.1. The van der Waals surface area contributed by atoms with Crippen molar-refractivity contribution in [1.29, 1.82) is 0 Å². The smallest absolute Gasteiger partial charge is 0.342 e. The lowest BCUT2D eigenvalue weighted by Gasteiger charge is -2.20. The minimum Gasteiger partial charge on any atom is -0.507 e. The zero-order chi connectivity index (χ0) is 18.8. The van der Waals surface area contributed by atoms with E-state index >= 15 is 0 Å². The van der Waals surface area contributed by atoms with Gasteiger partial charge in [0.05, 0.1) is 13.2 Å². The van der Waals surface area contributed by atoms with Crippen molar-refractivity contribution in [3.8, 4) is 5.75 Å². The molecule has 0 saturated carbocycles. The molecule has 8 nitrogen and oxygen atoms in total. The van der Waals surface area contributed by atoms with Gasteiger partial charge in [-0.25, -0.2) is 4.79 Å². The zero-order valence-electron chi connectivity index (χ0n) is 14.3. The van der Waals surface area contributed by atoms with Gasteiger partial charge >= 0.3 is 5.97 Å². The average molecular weight is 373 g/mol. The number of esters is 1. The van der Waals surface area contributed by atoms with Crippen molar-refractivity contribution < 1.29 is 34.0 Å². The number of aliphatic hydroxyl groups excluding tert-OH is 1. The predicted molar refractivity (Wildman–Crippen MR) is 90.9 cm³/mol. The lowest BCUT2D eigenvalue weighted by atomic mass is 10.1. The Labute approximate surface area is 155 Å². The minimum atomic E-state index is -1.16. The maximum atomic E-state index is 12.3. The molecule has 2 aliphatic rings. The summed E-state index contributed by atoms with van der Waals surface area (Å²) in [5.41, 5.74) is 0.611. The second-order valence-electron chi connectivity index (χ2n) is 6.37. The molecular formula is C19H19NO7. The van der Waals surface area contributed by atoms with Crippen LogP contribution >= 0.6 is 0 Å². The minimum absolute atomic E-state index is 0.0822. The Balaban J connectivity index is 1.37. The fourth-order valence-corrected chi connectivity index (χ4v) is 3.26. The van der Waals surface area contributed by atoms with E-state index in [4.69, 9.17) is 18.9 Å². The molecule has 5 atom stereocenters. The Kier molecular flexibility index (Phi) is 5.04. The van der Waals surface area contributed by atoms with Crippen LogP contribution in [0.1, 0.15) is 22.2 Å². The van der Waals surface area contributed by atoms with E-state index in [2.05, 4.69) is 4.98 Å². The van der Waals surface area contributed by atoms with Gasteiger partial charge in [0.25, 0.3) is 0 Å². The van der Waals surface area contributed by atoms with Crippen LogP contribution in [-0.2, 0) is 18.9 Å². The van der Waals surface area contributed by atoms with E-state index in [1.54, 1.807) is 30.5 Å². The Morgan fingerprint density at radius 1 is 1.11 bits per heavy atom. The summed E-state index contributed by atoms with van der Waals surface area (Å²) >= 11 is 0. The number of aromatic nitrogens is 1. The van der Waals surface area contributed by atoms with Crippen molar-refractivity contribution in [2.45, 2.75) is 30.7 Å². The molecule has 0 aliphatic carbocycles. The number of nitrogens with zero attached hydrogens (tertiary/aromatic N) is 1. The van der Waals surface area contributed by atoms with E-state index in [9.17, 15) is 15.0 Å². The highest BCUT2D eigenvalue weighted by Crippen LogP contribution is 2.33. The monoisotopic (exact) mass is 373 g/mol. The maximum Gasteiger partial charge on any atom is 0.342 e. The van der Waals surface area contributed by atoms with E-state index in [1.807, 2.05) is 0 Å². The molecule has 0 spiro atoms. The van der Waals surface area contributed by atoms with Crippen LogP contribution in [0.15, 0.2) is 48.8 Å². The van der Waals surface area contributed by atoms with Crippen LogP contribution in [0.2, 0.25) is 0 Å². The number of aromatic hydroxyl groups is 1. The highest BCUT2D eigenvalue weighted by molar-refractivity contribution is 5.92. The lowest BCUT2D eigenvalue weighted by molar-refractivity contribution is -0.163. The third kappa shape index (κ3) is 3.65. The molecule has 0 bridgehead atoms. The summed E-state index contributed by atoms with van der Waals surface area (Å²) in [7, 11) is 0. The summed E-state index contributed by atoms with van der Waals surface area (Å²) in [5, 5.41) is 20.0. The molecule has 0 amide bonds. The first-order valence-electron chi connectivity index (χ1n) is 8.59. The van der Waals surface area contributed by atoms with Gasteiger partial charge in [-0.3, -0.25) is 4.98 Å². The molecule has 2 aromatic rings. The molecule has 27 heavy (non-hydrogen) atoms. The average Bonchev–Trinajstić information content (AvgIpc) is 3.26. The molecule has 1 aromatic heterocycles. The Bertz CT molecular complexity index is 800. The van der Waals surface area contributed by atoms with Crippen LogP contribution in [0, 0.1) is 0 Å². The van der Waals surface area contributed by atoms with E-state index in [0.29, 0.717) is 5.56 Å². The van der Waals surface area contributed by atoms with Crippen LogP contribution < -0.4 is 0 Å². The van der Waals surface area contributed by atoms with Gasteiger partial charge in [-0.15, -0.1) is 0 Å². The zero-order valence-corrected chi connectivity index (χ0v) is 14.3. The number of pyridine rings is 1. The molecule has 142 valence electrons. The third-order valence-corrected chi connectivity index (χ3v) is 4.62. The van der Waals surface area contributed by atoms with Crippen LogP contribution in [0.25, 0.3) is 0 Å². The van der Waals surface area contributed by atoms with E-state index in [-0.39, 0.29) is 24.5 Å². The number of para-hydroxylation sites is 1. The van der Waals surface area contributed by atoms with Crippen LogP contribution in [0.4, 0.5) is 0 Å². The Morgan fingerprint density at radius 3 is 2.59 bits per heavy atom. The Hall–Kier alpha value is -2.52. The van der Waals surface area contributed by atoms with E-state index < -0.39 is 36.7 Å². The van der Waals surface area contributed by atoms with Gasteiger partial charge in [0, 0.05) is 18.0 Å². The maximum absolute atomic E-state index is 12.3. The second kappa shape index (κ2) is 7.61. The molecule has 2 aliphatic heterocycles. The van der Waals surface area contributed by atoms with Gasteiger partial charge < -0.3 is 29.2 Å². The fourth-order valence-electron chi connectivity index (χ4n) is 3.26. The number of phenolic OH excluding ortho intramolecular Hbond substituents is 1. The van der Waals surface area contributed by atoms with Gasteiger partial charge in [0.15, 0.2) is 12.4 Å². The Morgan fingerprint density at radius 2 is 1.85 bits per heavy atom. The molecule has 2 fully saturated rings. The van der Waals surface area contributed by atoms with Gasteiger partial charge in [-0.05, 0) is 18.2 Å². The number of phenols is 1. The number of fused-ring (bicyclic) bond motifs is 1. The first-order valence-corrected chi connectivity index (χ1v) is 8.59. The number of aliphatic hydroxyl groups is 1. The third-order valence-electron chi connectivity index (χ3n) is 4.62. The van der Waals surface area contributed by atoms with Gasteiger partial charge in [0.1, 0.15) is 29.6 Å². The van der Waals surface area contributed by atoms with E-state index in [1.165, 1.54) is 18.3 Å². The summed E-state index contributed by atoms with van der Waals surface area (Å²) in [6, 6.07) is 9.57. The summed E-state index contributed by atoms with van der Waals surface area (Å²) in [4.78, 5) is 16.2. The van der Waals surface area contributed by atoms with Crippen LogP contribution in [-0.4, -0.2) is 58.8 Å². The molecule has 2 N–H and O–H groups in total. The van der Waals surface area contributed by atoms with Crippen molar-refractivity contribution in [3.05, 3.63) is 59.9 Å². The molecular weight excluding hydrogens is 354 g/mol. The molecule has 1 aromatic carbocycles. The van der Waals surface area contributed by atoms with Crippen molar-refractivity contribution in [2.24, 2.45) is 0 Å². The number of hydrogen-bond donors (Lipinski definition) is 2. The lowest BCUT2D eigenvalue weighted by Crippen LogP contribution is -2.35. The summed E-state index contributed by atoms with van der Waals surface area (Å²) < 4.78 is 22.5. The largest absolute Gasteiger partial charge is 0.507 e. The number of hydrogen-bond acceptors (Lipinski definition) is 8. The molecule has 3 heterocycles. The van der Waals surface area contributed by atoms with Crippen molar-refractivity contribution >= 4 is 5.97 Å². The molecule has 2 saturated heterocycles. The number of ether oxygens (including phenoxy) is 4. The quantitative estimate of drug-likeness (QED) is 0.594. The van der Waals surface area contributed by atoms with Crippen LogP contribution in [0.3, 0.4) is 0 Å². The molecule has 0 radical (unpaired) electrons. The molecule has 1 unspecified atom stereocenters. The standard InChI is InChI=1S/C19H19NO7/c21-13-6-2-1-5-12(13)19(23)27-15-10-25-16-14(9-24-17(15)16)26-18(22)11-4-3-7-20-8-11/h1-8,14-18,21-22H,9-10H2/t14-,15+,16-,17-,18?/m1/s1. The van der Waals surface area contributed by atoms with Crippen molar-refractivity contribution in [2.75, 3.05) is 13.2 Å². The SMILES string of the molecule is O=C(O[C@H]1CO[C@H]2[C@@H]1OC[C@H]2OC(O)c1cccnc1)c1ccccc1O. The van der Waals surface area contributed by atoms with Gasteiger partial charge in [-0.1, -0.05) is 18.2 Å². The van der Waals surface area contributed by atoms with Crippen molar-refractivity contribution in [3.63, 3.8) is 0 Å². The summed E-state index contributed by atoms with van der Waals surface area (Å²) in [5.74, 6) is -0.795. The second-order valence-corrected chi connectivity index (χ2v) is 6.37. The molecule has 4 rings (SSSR count). The summed E-state index contributed by atoms with van der Waals surface area (Å²) in [6.07, 6.45) is -0.106. The fraction of sp³-hybridized carbons (Fsp3) is 0.368. The number of carbonyl (C=O) groups is 1. The van der Waals surface area contributed by atoms with Gasteiger partial charge in [0.2, 0.25) is 0 Å². The number of carbonyl (C=O) groups excluding carboxylic acids is 1. The van der Waals surface area contributed by atoms with E-state index in [0.717, 1.165) is 0 Å². The normalized spacial score (nSPS) is 27.9. The van der Waals surface area contributed by atoms with Gasteiger partial charge in [-0.2, -0.15) is 0 Å². The number of benzene rings is 1. The molecule has 8 heteroatoms. The van der Waals surface area contributed by atoms with Crippen LogP contribution in [0.5, 0.6) is 5.75 Å².